The maximum absolute atomic E-state index is 12.9. The molecule has 0 heterocycles. The van der Waals surface area contributed by atoms with Gasteiger partial charge in [0.15, 0.2) is 0 Å². The smallest absolute Gasteiger partial charge is 0.323 e. The first-order valence-electron chi connectivity index (χ1n) is 8.45. The molecule has 1 N–H and O–H groups in total. The molecule has 0 aromatic heterocycles. The number of nitrogens with one attached hydrogen (secondary N) is 1. The number of hydrogen-bond acceptors (Lipinski definition) is 3. The van der Waals surface area contributed by atoms with Crippen LogP contribution in [-0.2, 0) is 21.0 Å². The van der Waals surface area contributed by atoms with Crippen molar-refractivity contribution in [2.24, 2.45) is 0 Å². The lowest BCUT2D eigenvalue weighted by Gasteiger charge is -2.29. The molecule has 2 aromatic rings. The van der Waals surface area contributed by atoms with Crippen LogP contribution in [0.4, 0.5) is 24.5 Å². The molecule has 0 spiro atoms. The third kappa shape index (κ3) is 5.63. The molecule has 1 atom stereocenters. The zero-order valence-corrected chi connectivity index (χ0v) is 17.7. The standard InChI is InChI=1S/C19H20ClF3N2O3S/c1-11-7-12(2)9-15(8-11)25(29(4,27)28)13(3)18(26)24-17-10-14(19(21,22)23)5-6-16(17)20/h5-10,13H,1-4H3,(H,24,26)/t13-/m1/s1. The molecule has 0 fully saturated rings. The number of anilines is 2. The van der Waals surface area contributed by atoms with Gasteiger partial charge in [-0.2, -0.15) is 13.2 Å². The van der Waals surface area contributed by atoms with Gasteiger partial charge in [0.1, 0.15) is 6.04 Å². The Morgan fingerprint density at radius 2 is 1.66 bits per heavy atom. The van der Waals surface area contributed by atoms with Crippen molar-refractivity contribution in [3.05, 3.63) is 58.1 Å². The van der Waals surface area contributed by atoms with Gasteiger partial charge in [0.05, 0.1) is 28.2 Å². The number of hydrogen-bond donors (Lipinski definition) is 1. The highest BCUT2D eigenvalue weighted by Crippen LogP contribution is 2.34. The fraction of sp³-hybridized carbons (Fsp3) is 0.316. The molecule has 158 valence electrons. The zero-order chi connectivity index (χ0) is 22.1. The van der Waals surface area contributed by atoms with E-state index < -0.39 is 33.7 Å². The highest BCUT2D eigenvalue weighted by Gasteiger charge is 2.33. The number of nitrogens with zero attached hydrogens (tertiary/aromatic N) is 1. The number of rotatable bonds is 5. The minimum absolute atomic E-state index is 0.101. The van der Waals surface area contributed by atoms with Gasteiger partial charge < -0.3 is 5.32 Å². The fourth-order valence-electron chi connectivity index (χ4n) is 2.92. The molecule has 0 aliphatic heterocycles. The summed E-state index contributed by atoms with van der Waals surface area (Å²) in [6.45, 7) is 4.91. The summed E-state index contributed by atoms with van der Waals surface area (Å²) in [4.78, 5) is 12.7. The summed E-state index contributed by atoms with van der Waals surface area (Å²) in [6.07, 6.45) is -3.67. The first-order valence-corrected chi connectivity index (χ1v) is 10.7. The Morgan fingerprint density at radius 3 is 2.14 bits per heavy atom. The zero-order valence-electron chi connectivity index (χ0n) is 16.1. The number of benzene rings is 2. The Bertz CT molecular complexity index is 1020. The monoisotopic (exact) mass is 448 g/mol. The maximum Gasteiger partial charge on any atom is 0.416 e. The maximum atomic E-state index is 12.9. The van der Waals surface area contributed by atoms with Crippen LogP contribution in [0, 0.1) is 13.8 Å². The van der Waals surface area contributed by atoms with E-state index in [0.717, 1.165) is 33.8 Å². The SMILES string of the molecule is Cc1cc(C)cc(N([C@H](C)C(=O)Nc2cc(C(F)(F)F)ccc2Cl)S(C)(=O)=O)c1. The lowest BCUT2D eigenvalue weighted by Crippen LogP contribution is -2.45. The molecule has 2 rings (SSSR count). The molecule has 0 bridgehead atoms. The fourth-order valence-corrected chi connectivity index (χ4v) is 4.24. The topological polar surface area (TPSA) is 66.5 Å². The number of sulfonamides is 1. The van der Waals surface area contributed by atoms with E-state index in [1.54, 1.807) is 26.0 Å². The summed E-state index contributed by atoms with van der Waals surface area (Å²) in [5, 5.41) is 2.20. The van der Waals surface area contributed by atoms with Crippen LogP contribution in [0.15, 0.2) is 36.4 Å². The molecule has 10 heteroatoms. The molecular weight excluding hydrogens is 429 g/mol. The minimum Gasteiger partial charge on any atom is -0.323 e. The van der Waals surface area contributed by atoms with Gasteiger partial charge in [0.25, 0.3) is 0 Å². The summed E-state index contributed by atoms with van der Waals surface area (Å²) < 4.78 is 64.5. The van der Waals surface area contributed by atoms with Crippen molar-refractivity contribution < 1.29 is 26.4 Å². The second-order valence-corrected chi connectivity index (χ2v) is 9.03. The molecule has 0 saturated heterocycles. The number of aryl methyl sites for hydroxylation is 2. The predicted molar refractivity (Wildman–Crippen MR) is 108 cm³/mol. The number of amides is 1. The summed E-state index contributed by atoms with van der Waals surface area (Å²) >= 11 is 5.91. The molecule has 29 heavy (non-hydrogen) atoms. The third-order valence-corrected chi connectivity index (χ3v) is 5.67. The van der Waals surface area contributed by atoms with Crippen molar-refractivity contribution >= 4 is 38.9 Å². The molecular formula is C19H20ClF3N2O3S. The van der Waals surface area contributed by atoms with Crippen molar-refractivity contribution in [2.45, 2.75) is 33.0 Å². The van der Waals surface area contributed by atoms with Gasteiger partial charge in [-0.25, -0.2) is 8.42 Å². The van der Waals surface area contributed by atoms with E-state index >= 15 is 0 Å². The van der Waals surface area contributed by atoms with Crippen molar-refractivity contribution in [3.8, 4) is 0 Å². The van der Waals surface area contributed by atoms with Crippen molar-refractivity contribution in [1.82, 2.24) is 0 Å². The van der Waals surface area contributed by atoms with Crippen LogP contribution in [0.25, 0.3) is 0 Å². The van der Waals surface area contributed by atoms with E-state index in [0.29, 0.717) is 6.07 Å². The van der Waals surface area contributed by atoms with Gasteiger partial charge in [-0.05, 0) is 62.2 Å². The highest BCUT2D eigenvalue weighted by molar-refractivity contribution is 7.92. The van der Waals surface area contributed by atoms with E-state index in [1.165, 1.54) is 6.92 Å². The van der Waals surface area contributed by atoms with Crippen LogP contribution >= 0.6 is 11.6 Å². The second-order valence-electron chi connectivity index (χ2n) is 6.76. The predicted octanol–water partition coefficient (Wildman–Crippen LogP) is 4.77. The van der Waals surface area contributed by atoms with Crippen molar-refractivity contribution in [2.75, 3.05) is 15.9 Å². The molecule has 1 amide bonds. The molecule has 0 unspecified atom stereocenters. The lowest BCUT2D eigenvalue weighted by molar-refractivity contribution is -0.137. The molecule has 2 aromatic carbocycles. The first-order chi connectivity index (χ1) is 13.2. The average Bonchev–Trinajstić information content (AvgIpc) is 2.53. The van der Waals surface area contributed by atoms with Gasteiger partial charge >= 0.3 is 6.18 Å². The summed E-state index contributed by atoms with van der Waals surface area (Å²) in [6, 6.07) is 6.33. The Morgan fingerprint density at radius 1 is 1.10 bits per heavy atom. The van der Waals surface area contributed by atoms with E-state index in [1.807, 2.05) is 6.07 Å². The first kappa shape index (κ1) is 23.0. The Balaban J connectivity index is 2.40. The van der Waals surface area contributed by atoms with Crippen molar-refractivity contribution in [3.63, 3.8) is 0 Å². The lowest BCUT2D eigenvalue weighted by atomic mass is 10.1. The van der Waals surface area contributed by atoms with Gasteiger partial charge in [-0.15, -0.1) is 0 Å². The Labute approximate surface area is 172 Å². The van der Waals surface area contributed by atoms with E-state index in [9.17, 15) is 26.4 Å². The molecule has 0 aliphatic carbocycles. The quantitative estimate of drug-likeness (QED) is 0.716. The molecule has 0 saturated carbocycles. The van der Waals surface area contributed by atoms with E-state index in [-0.39, 0.29) is 16.4 Å². The largest absolute Gasteiger partial charge is 0.416 e. The normalized spacial score (nSPS) is 13.1. The van der Waals surface area contributed by atoms with Crippen molar-refractivity contribution in [1.29, 1.82) is 0 Å². The van der Waals surface area contributed by atoms with Crippen LogP contribution in [0.2, 0.25) is 5.02 Å². The third-order valence-electron chi connectivity index (χ3n) is 4.10. The van der Waals surface area contributed by atoms with Gasteiger partial charge in [0, 0.05) is 0 Å². The highest BCUT2D eigenvalue weighted by atomic mass is 35.5. The number of carbonyl (C=O) groups is 1. The molecule has 5 nitrogen and oxygen atoms in total. The number of halogens is 4. The Kier molecular flexibility index (Phi) is 6.54. The van der Waals surface area contributed by atoms with Crippen LogP contribution in [0.1, 0.15) is 23.6 Å². The van der Waals surface area contributed by atoms with Gasteiger partial charge in [-0.1, -0.05) is 17.7 Å². The summed E-state index contributed by atoms with van der Waals surface area (Å²) in [7, 11) is -3.87. The van der Waals surface area contributed by atoms with E-state index in [4.69, 9.17) is 11.6 Å². The Hall–Kier alpha value is -2.26. The minimum atomic E-state index is -4.62. The van der Waals surface area contributed by atoms with Crippen LogP contribution < -0.4 is 9.62 Å². The van der Waals surface area contributed by atoms with Crippen LogP contribution in [-0.4, -0.2) is 26.6 Å². The molecule has 0 radical (unpaired) electrons. The molecule has 0 aliphatic rings. The van der Waals surface area contributed by atoms with E-state index in [2.05, 4.69) is 5.32 Å². The number of alkyl halides is 3. The summed E-state index contributed by atoms with van der Waals surface area (Å²) in [5.41, 5.74) is 0.624. The van der Waals surface area contributed by atoms with Crippen LogP contribution in [0.5, 0.6) is 0 Å². The second kappa shape index (κ2) is 8.23. The van der Waals surface area contributed by atoms with Gasteiger partial charge in [0.2, 0.25) is 15.9 Å². The van der Waals surface area contributed by atoms with Gasteiger partial charge in [-0.3, -0.25) is 9.10 Å². The van der Waals surface area contributed by atoms with Crippen LogP contribution in [0.3, 0.4) is 0 Å². The summed E-state index contributed by atoms with van der Waals surface area (Å²) in [5.74, 6) is -0.823. The average molecular weight is 449 g/mol. The number of carbonyl (C=O) groups excluding carboxylic acids is 1.